The average Bonchev–Trinajstić information content (AvgIpc) is 2.38. The van der Waals surface area contributed by atoms with E-state index in [0.717, 1.165) is 12.3 Å². The van der Waals surface area contributed by atoms with E-state index in [0.29, 0.717) is 36.2 Å². The molecule has 106 valence electrons. The highest BCUT2D eigenvalue weighted by molar-refractivity contribution is 9.10. The van der Waals surface area contributed by atoms with Crippen molar-refractivity contribution >= 4 is 21.7 Å². The van der Waals surface area contributed by atoms with Crippen LogP contribution in [0.1, 0.15) is 18.4 Å². The van der Waals surface area contributed by atoms with Crippen molar-refractivity contribution in [1.82, 2.24) is 4.98 Å². The van der Waals surface area contributed by atoms with E-state index in [1.54, 1.807) is 0 Å². The van der Waals surface area contributed by atoms with Gasteiger partial charge >= 0.3 is 6.18 Å². The van der Waals surface area contributed by atoms with Crippen LogP contribution in [0.2, 0.25) is 0 Å². The van der Waals surface area contributed by atoms with E-state index in [1.807, 2.05) is 4.90 Å². The molecular formula is C12H13BrF4N2. The Kier molecular flexibility index (Phi) is 4.32. The second-order valence-electron chi connectivity index (χ2n) is 4.61. The highest BCUT2D eigenvalue weighted by Gasteiger charge is 2.32. The summed E-state index contributed by atoms with van der Waals surface area (Å²) in [6, 6.07) is 1.03. The van der Waals surface area contributed by atoms with Gasteiger partial charge in [-0.2, -0.15) is 13.2 Å². The fraction of sp³-hybridized carbons (Fsp3) is 0.583. The monoisotopic (exact) mass is 340 g/mol. The largest absolute Gasteiger partial charge is 0.417 e. The van der Waals surface area contributed by atoms with Gasteiger partial charge in [-0.3, -0.25) is 4.39 Å². The Bertz CT molecular complexity index is 442. The molecule has 0 aromatic carbocycles. The number of anilines is 1. The van der Waals surface area contributed by atoms with Gasteiger partial charge in [0.25, 0.3) is 0 Å². The zero-order valence-corrected chi connectivity index (χ0v) is 11.6. The minimum atomic E-state index is -4.39. The third-order valence-corrected chi connectivity index (χ3v) is 3.86. The molecule has 7 heteroatoms. The summed E-state index contributed by atoms with van der Waals surface area (Å²) in [7, 11) is 0. The van der Waals surface area contributed by atoms with Crippen LogP contribution in [-0.2, 0) is 6.18 Å². The first-order valence-electron chi connectivity index (χ1n) is 5.95. The summed E-state index contributed by atoms with van der Waals surface area (Å²) >= 11 is 3.13. The lowest BCUT2D eigenvalue weighted by molar-refractivity contribution is -0.137. The molecular weight excluding hydrogens is 328 g/mol. The number of nitrogens with zero attached hydrogens (tertiary/aromatic N) is 2. The number of alkyl halides is 4. The number of hydrogen-bond acceptors (Lipinski definition) is 2. The number of piperidine rings is 1. The van der Waals surface area contributed by atoms with Crippen molar-refractivity contribution in [3.05, 3.63) is 22.3 Å². The van der Waals surface area contributed by atoms with E-state index < -0.39 is 11.7 Å². The quantitative estimate of drug-likeness (QED) is 0.755. The van der Waals surface area contributed by atoms with Gasteiger partial charge < -0.3 is 4.90 Å². The third-order valence-electron chi connectivity index (χ3n) is 3.28. The van der Waals surface area contributed by atoms with Crippen LogP contribution in [0.4, 0.5) is 23.4 Å². The summed E-state index contributed by atoms with van der Waals surface area (Å²) < 4.78 is 50.4. The topological polar surface area (TPSA) is 16.1 Å². The molecule has 1 aromatic heterocycles. The molecule has 1 aromatic rings. The minimum absolute atomic E-state index is 0.0597. The normalized spacial score (nSPS) is 17.8. The highest BCUT2D eigenvalue weighted by atomic mass is 79.9. The maximum Gasteiger partial charge on any atom is 0.417 e. The molecule has 0 atom stereocenters. The zero-order chi connectivity index (χ0) is 14.0. The SMILES string of the molecule is FCC1CCN(c2ncc(C(F)(F)F)cc2Br)CC1. The van der Waals surface area contributed by atoms with Crippen molar-refractivity contribution in [3.8, 4) is 0 Å². The Labute approximate surface area is 116 Å². The maximum absolute atomic E-state index is 12.5. The van der Waals surface area contributed by atoms with Gasteiger partial charge in [0.2, 0.25) is 0 Å². The van der Waals surface area contributed by atoms with E-state index in [4.69, 9.17) is 0 Å². The van der Waals surface area contributed by atoms with Crippen LogP contribution in [0.25, 0.3) is 0 Å². The Morgan fingerprint density at radius 3 is 2.42 bits per heavy atom. The van der Waals surface area contributed by atoms with Crippen LogP contribution in [0.15, 0.2) is 16.7 Å². The molecule has 2 nitrogen and oxygen atoms in total. The summed E-state index contributed by atoms with van der Waals surface area (Å²) in [5.74, 6) is 0.551. The first kappa shape index (κ1) is 14.6. The van der Waals surface area contributed by atoms with Crippen LogP contribution >= 0.6 is 15.9 Å². The Hall–Kier alpha value is -0.850. The van der Waals surface area contributed by atoms with Crippen LogP contribution in [0, 0.1) is 5.92 Å². The molecule has 1 aliphatic rings. The van der Waals surface area contributed by atoms with Crippen LogP contribution in [-0.4, -0.2) is 24.7 Å². The van der Waals surface area contributed by atoms with Gasteiger partial charge in [0.1, 0.15) is 5.82 Å². The highest BCUT2D eigenvalue weighted by Crippen LogP contribution is 2.34. The molecule has 0 aliphatic carbocycles. The molecule has 0 spiro atoms. The van der Waals surface area contributed by atoms with Crippen LogP contribution in [0.3, 0.4) is 0 Å². The predicted molar refractivity (Wildman–Crippen MR) is 67.9 cm³/mol. The molecule has 0 bridgehead atoms. The molecule has 2 rings (SSSR count). The minimum Gasteiger partial charge on any atom is -0.356 e. The van der Waals surface area contributed by atoms with Crippen LogP contribution in [0.5, 0.6) is 0 Å². The first-order valence-corrected chi connectivity index (χ1v) is 6.74. The van der Waals surface area contributed by atoms with Crippen LogP contribution < -0.4 is 4.90 Å². The molecule has 1 fully saturated rings. The second-order valence-corrected chi connectivity index (χ2v) is 5.47. The number of rotatable bonds is 2. The Morgan fingerprint density at radius 2 is 1.95 bits per heavy atom. The van der Waals surface area contributed by atoms with E-state index in [9.17, 15) is 17.6 Å². The maximum atomic E-state index is 12.5. The lowest BCUT2D eigenvalue weighted by atomic mass is 9.98. The number of halogens is 5. The van der Waals surface area contributed by atoms with Gasteiger partial charge in [-0.15, -0.1) is 0 Å². The first-order chi connectivity index (χ1) is 8.91. The van der Waals surface area contributed by atoms with E-state index in [-0.39, 0.29) is 12.6 Å². The van der Waals surface area contributed by atoms with Crippen molar-refractivity contribution in [2.75, 3.05) is 24.7 Å². The summed E-state index contributed by atoms with van der Waals surface area (Å²) in [5.41, 5.74) is -0.776. The van der Waals surface area contributed by atoms with Crippen molar-refractivity contribution in [2.24, 2.45) is 5.92 Å². The number of aromatic nitrogens is 1. The second kappa shape index (κ2) is 5.64. The van der Waals surface area contributed by atoms with Crippen molar-refractivity contribution < 1.29 is 17.6 Å². The van der Waals surface area contributed by atoms with Gasteiger partial charge in [0, 0.05) is 19.3 Å². The van der Waals surface area contributed by atoms with Gasteiger partial charge in [-0.05, 0) is 40.8 Å². The third kappa shape index (κ3) is 3.38. The summed E-state index contributed by atoms with van der Waals surface area (Å²) in [6.45, 7) is 0.895. The molecule has 0 amide bonds. The molecule has 2 heterocycles. The lowest BCUT2D eigenvalue weighted by Gasteiger charge is -2.32. The van der Waals surface area contributed by atoms with Gasteiger partial charge in [0.15, 0.2) is 0 Å². The Balaban J connectivity index is 2.14. The fourth-order valence-electron chi connectivity index (χ4n) is 2.12. The van der Waals surface area contributed by atoms with Gasteiger partial charge in [0.05, 0.1) is 16.7 Å². The predicted octanol–water partition coefficient (Wildman–Crippen LogP) is 4.05. The average molecular weight is 341 g/mol. The van der Waals surface area contributed by atoms with Crippen molar-refractivity contribution in [3.63, 3.8) is 0 Å². The molecule has 19 heavy (non-hydrogen) atoms. The van der Waals surface area contributed by atoms with E-state index in [2.05, 4.69) is 20.9 Å². The molecule has 1 saturated heterocycles. The van der Waals surface area contributed by atoms with Gasteiger partial charge in [-0.25, -0.2) is 4.98 Å². The lowest BCUT2D eigenvalue weighted by Crippen LogP contribution is -2.35. The summed E-state index contributed by atoms with van der Waals surface area (Å²) in [5, 5.41) is 0. The standard InChI is InChI=1S/C12H13BrF4N2/c13-10-5-9(12(15,16)17)7-18-11(10)19-3-1-8(6-14)2-4-19/h5,7-8H,1-4,6H2. The van der Waals surface area contributed by atoms with E-state index >= 15 is 0 Å². The fourth-order valence-corrected chi connectivity index (χ4v) is 2.72. The number of pyridine rings is 1. The molecule has 0 radical (unpaired) electrons. The molecule has 0 N–H and O–H groups in total. The van der Waals surface area contributed by atoms with Crippen molar-refractivity contribution in [2.45, 2.75) is 19.0 Å². The summed E-state index contributed by atoms with van der Waals surface area (Å²) in [4.78, 5) is 5.77. The molecule has 0 saturated carbocycles. The summed E-state index contributed by atoms with van der Waals surface area (Å²) in [6.07, 6.45) is -2.16. The smallest absolute Gasteiger partial charge is 0.356 e. The molecule has 1 aliphatic heterocycles. The number of hydrogen-bond donors (Lipinski definition) is 0. The van der Waals surface area contributed by atoms with E-state index in [1.165, 1.54) is 0 Å². The molecule has 0 unspecified atom stereocenters. The Morgan fingerprint density at radius 1 is 1.32 bits per heavy atom. The van der Waals surface area contributed by atoms with Gasteiger partial charge in [-0.1, -0.05) is 0 Å². The van der Waals surface area contributed by atoms with Crippen molar-refractivity contribution in [1.29, 1.82) is 0 Å². The zero-order valence-electron chi connectivity index (χ0n) is 10.1.